The molecule has 0 saturated heterocycles. The van der Waals surface area contributed by atoms with Gasteiger partial charge >= 0.3 is 0 Å². The van der Waals surface area contributed by atoms with Crippen molar-refractivity contribution in [3.8, 4) is 0 Å². The van der Waals surface area contributed by atoms with Gasteiger partial charge in [-0.25, -0.2) is 0 Å². The molecule has 18 heavy (non-hydrogen) atoms. The molecule has 0 heterocycles. The van der Waals surface area contributed by atoms with E-state index >= 15 is 0 Å². The highest BCUT2D eigenvalue weighted by Gasteiger charge is 2.06. The van der Waals surface area contributed by atoms with Crippen molar-refractivity contribution in [1.29, 1.82) is 0 Å². The van der Waals surface area contributed by atoms with Crippen LogP contribution in [-0.2, 0) is 22.3 Å². The van der Waals surface area contributed by atoms with Gasteiger partial charge in [0.25, 0.3) is 0 Å². The number of benzene rings is 2. The van der Waals surface area contributed by atoms with E-state index in [0.717, 1.165) is 5.56 Å². The molecule has 0 radical (unpaired) electrons. The zero-order valence-corrected chi connectivity index (χ0v) is 11.7. The molecule has 0 aliphatic heterocycles. The van der Waals surface area contributed by atoms with Crippen LogP contribution >= 0.6 is 0 Å². The molecule has 1 nitrogen and oxygen atoms in total. The minimum absolute atomic E-state index is 0.633. The molecule has 2 aromatic carbocycles. The summed E-state index contributed by atoms with van der Waals surface area (Å²) in [5.41, 5.74) is 4.79. The lowest BCUT2D eigenvalue weighted by atomic mass is 10.1. The molecule has 2 heteroatoms. The highest BCUT2D eigenvalue weighted by molar-refractivity contribution is 7.83. The maximum absolute atomic E-state index is 12.2. The minimum atomic E-state index is -0.841. The molecule has 0 aliphatic carbocycles. The smallest absolute Gasteiger partial charge is 0.0491 e. The van der Waals surface area contributed by atoms with Gasteiger partial charge in [0.2, 0.25) is 0 Å². The van der Waals surface area contributed by atoms with Crippen molar-refractivity contribution >= 4 is 10.8 Å². The monoisotopic (exact) mass is 258 g/mol. The zero-order chi connectivity index (χ0) is 13.0. The van der Waals surface area contributed by atoms with E-state index in [2.05, 4.69) is 32.0 Å². The summed E-state index contributed by atoms with van der Waals surface area (Å²) in [7, 11) is -0.841. The average molecular weight is 258 g/mol. The fourth-order valence-electron chi connectivity index (χ4n) is 1.94. The number of aryl methyl sites for hydroxylation is 2. The second-order valence-corrected chi connectivity index (χ2v) is 6.10. The Kier molecular flexibility index (Phi) is 4.32. The Morgan fingerprint density at radius 1 is 0.944 bits per heavy atom. The third-order valence-corrected chi connectivity index (χ3v) is 4.28. The first-order chi connectivity index (χ1) is 8.65. The van der Waals surface area contributed by atoms with Crippen LogP contribution in [0.25, 0.3) is 0 Å². The predicted molar refractivity (Wildman–Crippen MR) is 77.9 cm³/mol. The Morgan fingerprint density at radius 3 is 2.39 bits per heavy atom. The minimum Gasteiger partial charge on any atom is -0.259 e. The van der Waals surface area contributed by atoms with E-state index in [1.54, 1.807) is 0 Å². The van der Waals surface area contributed by atoms with Crippen LogP contribution in [0.15, 0.2) is 48.5 Å². The van der Waals surface area contributed by atoms with E-state index in [-0.39, 0.29) is 0 Å². The predicted octanol–water partition coefficient (Wildman–Crippen LogP) is 3.75. The summed E-state index contributed by atoms with van der Waals surface area (Å²) in [6, 6.07) is 16.4. The summed E-state index contributed by atoms with van der Waals surface area (Å²) in [5.74, 6) is 1.27. The van der Waals surface area contributed by atoms with Crippen LogP contribution in [0.4, 0.5) is 0 Å². The van der Waals surface area contributed by atoms with E-state index < -0.39 is 10.8 Å². The lowest BCUT2D eigenvalue weighted by Crippen LogP contribution is -2.01. The number of hydrogen-bond donors (Lipinski definition) is 0. The maximum atomic E-state index is 12.2. The van der Waals surface area contributed by atoms with Crippen LogP contribution in [0.2, 0.25) is 0 Å². The van der Waals surface area contributed by atoms with Gasteiger partial charge in [-0.05, 0) is 30.5 Å². The quantitative estimate of drug-likeness (QED) is 0.816. The van der Waals surface area contributed by atoms with Gasteiger partial charge in [0, 0.05) is 22.3 Å². The van der Waals surface area contributed by atoms with Crippen molar-refractivity contribution in [1.82, 2.24) is 0 Å². The molecule has 0 saturated carbocycles. The number of hydrogen-bond acceptors (Lipinski definition) is 1. The Hall–Kier alpha value is -1.41. The molecule has 1 atom stereocenters. The third kappa shape index (κ3) is 3.54. The molecule has 0 fully saturated rings. The van der Waals surface area contributed by atoms with Gasteiger partial charge in [0.15, 0.2) is 0 Å². The Bertz CT molecular complexity index is 546. The summed E-state index contributed by atoms with van der Waals surface area (Å²) in [6.07, 6.45) is 0. The van der Waals surface area contributed by atoms with Gasteiger partial charge in [-0.15, -0.1) is 0 Å². The van der Waals surface area contributed by atoms with Crippen LogP contribution in [0.3, 0.4) is 0 Å². The van der Waals surface area contributed by atoms with Gasteiger partial charge < -0.3 is 0 Å². The molecular formula is C16H18OS. The van der Waals surface area contributed by atoms with E-state index in [0.29, 0.717) is 11.5 Å². The number of rotatable bonds is 4. The Morgan fingerprint density at radius 2 is 1.67 bits per heavy atom. The first-order valence-electron chi connectivity index (χ1n) is 6.10. The van der Waals surface area contributed by atoms with Gasteiger partial charge in [0.1, 0.15) is 0 Å². The molecule has 0 aliphatic rings. The van der Waals surface area contributed by atoms with E-state index in [1.165, 1.54) is 16.7 Å². The molecule has 0 spiro atoms. The molecule has 1 unspecified atom stereocenters. The maximum Gasteiger partial charge on any atom is 0.0491 e. The average Bonchev–Trinajstić information content (AvgIpc) is 2.35. The van der Waals surface area contributed by atoms with E-state index in [1.807, 2.05) is 30.3 Å². The first-order valence-corrected chi connectivity index (χ1v) is 7.59. The van der Waals surface area contributed by atoms with Crippen molar-refractivity contribution in [3.05, 3.63) is 70.8 Å². The SMILES string of the molecule is Cc1ccc(C)c(CS(=O)Cc2ccccc2)c1. The fourth-order valence-corrected chi connectivity index (χ4v) is 3.26. The highest BCUT2D eigenvalue weighted by Crippen LogP contribution is 2.14. The van der Waals surface area contributed by atoms with Gasteiger partial charge in [-0.2, -0.15) is 0 Å². The molecule has 0 amide bonds. The largest absolute Gasteiger partial charge is 0.259 e. The van der Waals surface area contributed by atoms with Crippen LogP contribution in [-0.4, -0.2) is 4.21 Å². The van der Waals surface area contributed by atoms with E-state index in [9.17, 15) is 4.21 Å². The molecule has 2 rings (SSSR count). The lowest BCUT2D eigenvalue weighted by molar-refractivity contribution is 0.682. The lowest BCUT2D eigenvalue weighted by Gasteiger charge is -2.07. The van der Waals surface area contributed by atoms with Crippen LogP contribution in [0, 0.1) is 13.8 Å². The first kappa shape index (κ1) is 13.0. The second-order valence-electron chi connectivity index (χ2n) is 4.64. The Labute approximate surface area is 111 Å². The molecule has 0 N–H and O–H groups in total. The van der Waals surface area contributed by atoms with Crippen LogP contribution in [0.1, 0.15) is 22.3 Å². The van der Waals surface area contributed by atoms with Crippen molar-refractivity contribution in [2.24, 2.45) is 0 Å². The molecule has 2 aromatic rings. The van der Waals surface area contributed by atoms with Gasteiger partial charge in [-0.1, -0.05) is 54.1 Å². The van der Waals surface area contributed by atoms with Crippen molar-refractivity contribution in [2.75, 3.05) is 0 Å². The second kappa shape index (κ2) is 5.96. The van der Waals surface area contributed by atoms with Crippen molar-refractivity contribution in [3.63, 3.8) is 0 Å². The standard InChI is InChI=1S/C16H18OS/c1-13-8-9-14(2)16(10-13)12-18(17)11-15-6-4-3-5-7-15/h3-10H,11-12H2,1-2H3. The summed E-state index contributed by atoms with van der Waals surface area (Å²) in [5, 5.41) is 0. The molecular weight excluding hydrogens is 240 g/mol. The van der Waals surface area contributed by atoms with Crippen LogP contribution < -0.4 is 0 Å². The molecule has 0 aromatic heterocycles. The van der Waals surface area contributed by atoms with Crippen molar-refractivity contribution in [2.45, 2.75) is 25.4 Å². The van der Waals surface area contributed by atoms with E-state index in [4.69, 9.17) is 0 Å². The highest BCUT2D eigenvalue weighted by atomic mass is 32.2. The summed E-state index contributed by atoms with van der Waals surface area (Å²) in [6.45, 7) is 4.15. The summed E-state index contributed by atoms with van der Waals surface area (Å²) < 4.78 is 12.2. The Balaban J connectivity index is 2.05. The topological polar surface area (TPSA) is 17.1 Å². The fraction of sp³-hybridized carbons (Fsp3) is 0.250. The summed E-state index contributed by atoms with van der Waals surface area (Å²) in [4.78, 5) is 0. The molecule has 94 valence electrons. The van der Waals surface area contributed by atoms with Gasteiger partial charge in [0.05, 0.1) is 0 Å². The summed E-state index contributed by atoms with van der Waals surface area (Å²) >= 11 is 0. The van der Waals surface area contributed by atoms with Crippen molar-refractivity contribution < 1.29 is 4.21 Å². The normalized spacial score (nSPS) is 12.3. The van der Waals surface area contributed by atoms with Crippen LogP contribution in [0.5, 0.6) is 0 Å². The zero-order valence-electron chi connectivity index (χ0n) is 10.8. The third-order valence-electron chi connectivity index (χ3n) is 2.99. The van der Waals surface area contributed by atoms with Gasteiger partial charge in [-0.3, -0.25) is 4.21 Å². The molecule has 0 bridgehead atoms.